The van der Waals surface area contributed by atoms with Gasteiger partial charge in [-0.05, 0) is 54.5 Å². The molecule has 0 nitrogen and oxygen atoms in total. The first-order chi connectivity index (χ1) is 8.66. The van der Waals surface area contributed by atoms with Crippen molar-refractivity contribution >= 4 is 5.57 Å². The fourth-order valence-electron chi connectivity index (χ4n) is 2.65. The van der Waals surface area contributed by atoms with Gasteiger partial charge in [0.25, 0.3) is 0 Å². The lowest BCUT2D eigenvalue weighted by molar-refractivity contribution is 0.788. The first-order valence-corrected chi connectivity index (χ1v) is 6.82. The average Bonchev–Trinajstić information content (AvgIpc) is 2.36. The van der Waals surface area contributed by atoms with Crippen LogP contribution in [0.2, 0.25) is 0 Å². The highest BCUT2D eigenvalue weighted by molar-refractivity contribution is 5.98. The van der Waals surface area contributed by atoms with Crippen molar-refractivity contribution < 1.29 is 0 Å². The molecule has 1 aromatic rings. The average molecular weight is 238 g/mol. The molecule has 0 atom stereocenters. The zero-order valence-electron chi connectivity index (χ0n) is 11.7. The van der Waals surface area contributed by atoms with E-state index < -0.39 is 0 Å². The normalized spacial score (nSPS) is 14.8. The molecule has 2 rings (SSSR count). The second-order valence-electron chi connectivity index (χ2n) is 5.18. The predicted molar refractivity (Wildman–Crippen MR) is 80.4 cm³/mol. The molecule has 1 aliphatic rings. The minimum Gasteiger partial charge on any atom is -0.0908 e. The van der Waals surface area contributed by atoms with E-state index in [4.69, 9.17) is 0 Å². The van der Waals surface area contributed by atoms with Gasteiger partial charge in [-0.2, -0.15) is 0 Å². The van der Waals surface area contributed by atoms with E-state index in [-0.39, 0.29) is 0 Å². The monoisotopic (exact) mass is 238 g/mol. The van der Waals surface area contributed by atoms with Crippen LogP contribution in [-0.2, 0) is 0 Å². The summed E-state index contributed by atoms with van der Waals surface area (Å²) in [6, 6.07) is 10.7. The maximum atomic E-state index is 4.26. The minimum absolute atomic E-state index is 1.16. The van der Waals surface area contributed by atoms with Crippen LogP contribution in [0.25, 0.3) is 5.57 Å². The molecule has 0 aromatic heterocycles. The lowest BCUT2D eigenvalue weighted by atomic mass is 9.71. The molecule has 0 spiro atoms. The molecular formula is C18H22. The topological polar surface area (TPSA) is 0 Å². The van der Waals surface area contributed by atoms with Gasteiger partial charge in [0.15, 0.2) is 0 Å². The number of benzene rings is 1. The molecule has 1 aromatic carbocycles. The van der Waals surface area contributed by atoms with Crippen molar-refractivity contribution in [1.29, 1.82) is 0 Å². The number of hydrogen-bond donors (Lipinski definition) is 0. The Hall–Kier alpha value is -1.56. The van der Waals surface area contributed by atoms with Crippen molar-refractivity contribution in [3.8, 4) is 0 Å². The maximum Gasteiger partial charge on any atom is -0.00681 e. The lowest BCUT2D eigenvalue weighted by Gasteiger charge is -2.32. The molecular weight excluding hydrogens is 216 g/mol. The quantitative estimate of drug-likeness (QED) is 0.646. The minimum atomic E-state index is 1.16. The molecule has 18 heavy (non-hydrogen) atoms. The van der Waals surface area contributed by atoms with E-state index in [9.17, 15) is 0 Å². The number of hydrogen-bond acceptors (Lipinski definition) is 0. The SMILES string of the molecule is C=C1C(CCCC)=C(c2ccccc2)C1=C(C)C. The standard InChI is InChI=1S/C18H22/c1-5-6-12-16-14(4)17(13(2)3)18(16)15-10-8-7-9-11-15/h7-11H,4-6,12H2,1-3H3. The van der Waals surface area contributed by atoms with Crippen LogP contribution in [-0.4, -0.2) is 0 Å². The molecule has 0 saturated heterocycles. The fourth-order valence-corrected chi connectivity index (χ4v) is 2.65. The summed E-state index contributed by atoms with van der Waals surface area (Å²) in [5, 5.41) is 0. The van der Waals surface area contributed by atoms with Crippen molar-refractivity contribution in [2.45, 2.75) is 40.0 Å². The van der Waals surface area contributed by atoms with Gasteiger partial charge in [-0.25, -0.2) is 0 Å². The fraction of sp³-hybridized carbons (Fsp3) is 0.333. The van der Waals surface area contributed by atoms with Crippen molar-refractivity contribution in [2.75, 3.05) is 0 Å². The van der Waals surface area contributed by atoms with Gasteiger partial charge < -0.3 is 0 Å². The molecule has 0 unspecified atom stereocenters. The molecule has 0 aliphatic heterocycles. The van der Waals surface area contributed by atoms with Crippen molar-refractivity contribution in [3.63, 3.8) is 0 Å². The summed E-state index contributed by atoms with van der Waals surface area (Å²) in [5.74, 6) is 0. The van der Waals surface area contributed by atoms with E-state index >= 15 is 0 Å². The van der Waals surface area contributed by atoms with Crippen LogP contribution in [0.15, 0.2) is 59.2 Å². The molecule has 0 fully saturated rings. The van der Waals surface area contributed by atoms with Crippen LogP contribution < -0.4 is 0 Å². The maximum absolute atomic E-state index is 4.26. The van der Waals surface area contributed by atoms with Crippen LogP contribution >= 0.6 is 0 Å². The van der Waals surface area contributed by atoms with E-state index in [2.05, 4.69) is 57.7 Å². The smallest absolute Gasteiger partial charge is 0.00681 e. The number of allylic oxidation sites excluding steroid dienone is 5. The van der Waals surface area contributed by atoms with Crippen LogP contribution in [0.5, 0.6) is 0 Å². The van der Waals surface area contributed by atoms with Crippen LogP contribution in [0, 0.1) is 0 Å². The Morgan fingerprint density at radius 2 is 1.78 bits per heavy atom. The van der Waals surface area contributed by atoms with E-state index in [0.29, 0.717) is 0 Å². The van der Waals surface area contributed by atoms with Gasteiger partial charge in [-0.3, -0.25) is 0 Å². The van der Waals surface area contributed by atoms with E-state index in [1.54, 1.807) is 0 Å². The molecule has 0 heteroatoms. The zero-order chi connectivity index (χ0) is 13.1. The summed E-state index contributed by atoms with van der Waals surface area (Å²) in [5.41, 5.74) is 8.27. The Kier molecular flexibility index (Phi) is 3.86. The predicted octanol–water partition coefficient (Wildman–Crippen LogP) is 5.54. The second-order valence-corrected chi connectivity index (χ2v) is 5.18. The van der Waals surface area contributed by atoms with Gasteiger partial charge in [-0.15, -0.1) is 0 Å². The number of unbranched alkanes of at least 4 members (excludes halogenated alkanes) is 1. The highest BCUT2D eigenvalue weighted by atomic mass is 14.3. The summed E-state index contributed by atoms with van der Waals surface area (Å²) < 4.78 is 0. The summed E-state index contributed by atoms with van der Waals surface area (Å²) in [6.45, 7) is 10.9. The van der Waals surface area contributed by atoms with Gasteiger partial charge >= 0.3 is 0 Å². The van der Waals surface area contributed by atoms with Gasteiger partial charge in [0.2, 0.25) is 0 Å². The summed E-state index contributed by atoms with van der Waals surface area (Å²) in [4.78, 5) is 0. The Balaban J connectivity index is 2.46. The molecule has 0 bridgehead atoms. The molecule has 94 valence electrons. The Bertz CT molecular complexity index is 508. The molecule has 0 saturated carbocycles. The van der Waals surface area contributed by atoms with E-state index in [0.717, 1.165) is 6.42 Å². The number of rotatable bonds is 4. The van der Waals surface area contributed by atoms with Crippen LogP contribution in [0.3, 0.4) is 0 Å². The highest BCUT2D eigenvalue weighted by Crippen LogP contribution is 2.48. The third-order valence-electron chi connectivity index (χ3n) is 3.56. The third kappa shape index (κ3) is 2.20. The van der Waals surface area contributed by atoms with Gasteiger partial charge in [0.05, 0.1) is 0 Å². The summed E-state index contributed by atoms with van der Waals surface area (Å²) >= 11 is 0. The van der Waals surface area contributed by atoms with Crippen LogP contribution in [0.4, 0.5) is 0 Å². The van der Waals surface area contributed by atoms with Crippen molar-refractivity contribution in [3.05, 3.63) is 64.8 Å². The van der Waals surface area contributed by atoms with E-state index in [1.807, 2.05) is 0 Å². The Morgan fingerprint density at radius 3 is 2.33 bits per heavy atom. The first kappa shape index (κ1) is 12.9. The van der Waals surface area contributed by atoms with Crippen molar-refractivity contribution in [2.24, 2.45) is 0 Å². The third-order valence-corrected chi connectivity index (χ3v) is 3.56. The molecule has 0 heterocycles. The Labute approximate surface area is 111 Å². The van der Waals surface area contributed by atoms with E-state index in [1.165, 1.54) is 46.3 Å². The summed E-state index contributed by atoms with van der Waals surface area (Å²) in [7, 11) is 0. The lowest BCUT2D eigenvalue weighted by Crippen LogP contribution is -2.12. The molecule has 0 radical (unpaired) electrons. The summed E-state index contributed by atoms with van der Waals surface area (Å²) in [6.07, 6.45) is 3.65. The van der Waals surface area contributed by atoms with Gasteiger partial charge in [0, 0.05) is 0 Å². The van der Waals surface area contributed by atoms with Gasteiger partial charge in [0.1, 0.15) is 0 Å². The second kappa shape index (κ2) is 5.39. The van der Waals surface area contributed by atoms with Gasteiger partial charge in [-0.1, -0.05) is 55.8 Å². The Morgan fingerprint density at radius 1 is 1.11 bits per heavy atom. The van der Waals surface area contributed by atoms with Crippen LogP contribution in [0.1, 0.15) is 45.6 Å². The first-order valence-electron chi connectivity index (χ1n) is 6.82. The molecule has 1 aliphatic carbocycles. The highest BCUT2D eigenvalue weighted by Gasteiger charge is 2.28. The largest absolute Gasteiger partial charge is 0.0908 e. The molecule has 0 amide bonds. The zero-order valence-corrected chi connectivity index (χ0v) is 11.7. The van der Waals surface area contributed by atoms with Crippen molar-refractivity contribution in [1.82, 2.24) is 0 Å². The molecule has 0 N–H and O–H groups in total.